The number of carbonyl (C=O) groups is 2. The Balaban J connectivity index is 0.787. The van der Waals surface area contributed by atoms with Gasteiger partial charge in [-0.3, -0.25) is 4.98 Å². The molecule has 0 amide bonds. The van der Waals surface area contributed by atoms with Gasteiger partial charge < -0.3 is 97.0 Å². The molecule has 0 spiro atoms. The third kappa shape index (κ3) is 11.9. The van der Waals surface area contributed by atoms with Gasteiger partial charge in [-0.2, -0.15) is 0 Å². The lowest BCUT2D eigenvalue weighted by Gasteiger charge is -2.68. The molecule has 23 heteroatoms. The van der Waals surface area contributed by atoms with Crippen molar-refractivity contribution in [3.63, 3.8) is 0 Å². The van der Waals surface area contributed by atoms with Crippen LogP contribution >= 0.6 is 0 Å². The van der Waals surface area contributed by atoms with Crippen molar-refractivity contribution in [2.45, 2.75) is 251 Å². The summed E-state index contributed by atoms with van der Waals surface area (Å²) >= 11 is 0. The molecule has 1 aromatic heterocycles. The van der Waals surface area contributed by atoms with Gasteiger partial charge in [-0.15, -0.1) is 0 Å². The van der Waals surface area contributed by atoms with E-state index in [0.717, 1.165) is 5.56 Å². The summed E-state index contributed by atoms with van der Waals surface area (Å²) in [5, 5.41) is 74.2. The summed E-state index contributed by atoms with van der Waals surface area (Å²) in [6.45, 7) is 12.2. The third-order valence-corrected chi connectivity index (χ3v) is 21.2. The minimum Gasteiger partial charge on any atom is -0.458 e. The second kappa shape index (κ2) is 26.0. The van der Waals surface area contributed by atoms with Crippen LogP contribution < -0.4 is 0 Å². The molecule has 0 bridgehead atoms. The summed E-state index contributed by atoms with van der Waals surface area (Å²) in [6.07, 6.45) is -5.31. The minimum atomic E-state index is -2.19. The number of esters is 2. The van der Waals surface area contributed by atoms with Gasteiger partial charge in [0.05, 0.1) is 65.4 Å². The van der Waals surface area contributed by atoms with Crippen LogP contribution in [0.4, 0.5) is 0 Å². The van der Waals surface area contributed by atoms with Crippen LogP contribution in [0, 0.1) is 16.7 Å². The van der Waals surface area contributed by atoms with Gasteiger partial charge in [-0.05, 0) is 90.5 Å². The summed E-state index contributed by atoms with van der Waals surface area (Å²) in [5.74, 6) is -2.44. The number of aliphatic hydroxyl groups is 6. The van der Waals surface area contributed by atoms with E-state index in [1.54, 1.807) is 53.4 Å². The quantitative estimate of drug-likeness (QED) is 0.0691. The predicted octanol–water partition coefficient (Wildman–Crippen LogP) is 4.23. The van der Waals surface area contributed by atoms with Crippen LogP contribution in [0.15, 0.2) is 73.1 Å². The number of aliphatic hydroxyl groups excluding tert-OH is 2. The zero-order valence-electron chi connectivity index (χ0n) is 51.7. The van der Waals surface area contributed by atoms with E-state index in [4.69, 9.17) is 66.3 Å². The smallest absolute Gasteiger partial charge is 0.340 e. The molecule has 4 aliphatic carbocycles. The van der Waals surface area contributed by atoms with E-state index >= 15 is 0 Å². The maximum atomic E-state index is 14.0. The highest BCUT2D eigenvalue weighted by Gasteiger charge is 2.82. The Morgan fingerprint density at radius 1 is 0.667 bits per heavy atom. The summed E-state index contributed by atoms with van der Waals surface area (Å²) < 4.78 is 87.1. The molecule has 484 valence electrons. The van der Waals surface area contributed by atoms with Gasteiger partial charge in [0.2, 0.25) is 0 Å². The molecule has 0 radical (unpaired) electrons. The number of hydrogen-bond acceptors (Lipinski definition) is 23. The van der Waals surface area contributed by atoms with Crippen LogP contribution in [0.5, 0.6) is 0 Å². The fourth-order valence-corrected chi connectivity index (χ4v) is 16.0. The highest BCUT2D eigenvalue weighted by Crippen LogP contribution is 2.72. The highest BCUT2D eigenvalue weighted by molar-refractivity contribution is 5.89. The first-order chi connectivity index (χ1) is 41.3. The number of aromatic nitrogens is 1. The van der Waals surface area contributed by atoms with E-state index in [0.29, 0.717) is 19.3 Å². The summed E-state index contributed by atoms with van der Waals surface area (Å²) in [6, 6.07) is 12.3. The molecule has 2 aromatic rings. The summed E-state index contributed by atoms with van der Waals surface area (Å²) in [4.78, 5) is 31.5. The Labute approximate surface area is 508 Å². The molecule has 4 aliphatic heterocycles. The number of pyridine rings is 1. The van der Waals surface area contributed by atoms with Crippen molar-refractivity contribution in [3.05, 3.63) is 84.2 Å². The van der Waals surface area contributed by atoms with Crippen LogP contribution in [0.25, 0.3) is 6.08 Å². The van der Waals surface area contributed by atoms with Gasteiger partial charge in [0.25, 0.3) is 0 Å². The number of hydrogen-bond donors (Lipinski definition) is 6. The van der Waals surface area contributed by atoms with Gasteiger partial charge in [0, 0.05) is 83.9 Å². The Bertz CT molecular complexity index is 2730. The van der Waals surface area contributed by atoms with Gasteiger partial charge in [-0.25, -0.2) is 9.59 Å². The highest BCUT2D eigenvalue weighted by atomic mass is 16.8. The zero-order chi connectivity index (χ0) is 62.6. The lowest BCUT2D eigenvalue weighted by atomic mass is 9.41. The number of benzene rings is 1. The SMILES string of the molecule is CO[C@@H]1[C@@H](O)[C@H](O[C@@H]2[C@@H](C)O[C@@H](O[C@H]3[C@@H](OC)C[C@H](O[C@H]4[C@@H](OC)C[C@H](O[C@H]5CC[C@]6(C)[C@H]7CC(OC(=O)/C=C/c8ccccc8)[C@@]8(C)[C@](O)(CC[C@@]8(O)C(C)OC(=O)c8cccnc8)[C@]7(O)C=C[C@@]6(O)C5)O[C@@H]4C)O[C@@H]3C)C[C@H]2OC)O[C@H](C)[C@H]1O. The Morgan fingerprint density at radius 2 is 1.25 bits per heavy atom. The molecule has 6 N–H and O–H groups in total. The molecule has 10 rings (SSSR count). The standard InChI is InChI=1S/C64H91NO22/c1-34-51(67)56(77-11)52(68)58(81-34)87-55-37(4)80-50(30-44(55)76-10)86-54-36(3)79-49(29-43(54)75-9)85-53-35(2)78-48(28-42(53)74-8)83-41-21-22-59(6)45-31-46(84-47(66)20-19-39-16-13-12-14-17-39)60(7)62(71,38(5)82-57(69)40-18-15-27-65-33-40)25-26-64(60,73)63(45,72)24-23-61(59,70)32-41/h12-20,23-24,27,33-38,41-46,48-56,58,67-68,70-73H,21-22,25-26,28-32H2,1-11H3/b20-19+/t34-,35-,36-,37-,38?,41+,42+,43+,44-,45-,46?,48+,49+,50+,51-,52-,53-,54-,55-,56+,58+,59-,60-,61-,62-,63+,64-/m1/s1. The van der Waals surface area contributed by atoms with Gasteiger partial charge in [-0.1, -0.05) is 56.3 Å². The lowest BCUT2D eigenvalue weighted by Crippen LogP contribution is -2.80. The largest absolute Gasteiger partial charge is 0.458 e. The van der Waals surface area contributed by atoms with Gasteiger partial charge in [0.1, 0.15) is 65.6 Å². The molecular weight excluding hydrogens is 1130 g/mol. The van der Waals surface area contributed by atoms with Crippen LogP contribution in [0.2, 0.25) is 0 Å². The van der Waals surface area contributed by atoms with E-state index in [2.05, 4.69) is 4.98 Å². The van der Waals surface area contributed by atoms with Crippen molar-refractivity contribution in [2.24, 2.45) is 16.7 Å². The van der Waals surface area contributed by atoms with Crippen molar-refractivity contribution in [2.75, 3.05) is 28.4 Å². The second-order valence-corrected chi connectivity index (χ2v) is 25.8. The number of ether oxygens (including phenoxy) is 14. The molecule has 23 nitrogen and oxygen atoms in total. The van der Waals surface area contributed by atoms with Crippen LogP contribution in [-0.2, 0) is 71.1 Å². The van der Waals surface area contributed by atoms with Crippen molar-refractivity contribution in [1.29, 1.82) is 0 Å². The van der Waals surface area contributed by atoms with Crippen LogP contribution in [0.1, 0.15) is 122 Å². The number of fused-ring (bicyclic) bond motifs is 5. The zero-order valence-corrected chi connectivity index (χ0v) is 51.7. The van der Waals surface area contributed by atoms with Crippen LogP contribution in [-0.4, -0.2) is 221 Å². The van der Waals surface area contributed by atoms with Crippen molar-refractivity contribution >= 4 is 18.0 Å². The lowest BCUT2D eigenvalue weighted by molar-refractivity contribution is -0.356. The molecule has 27 atom stereocenters. The number of carbonyl (C=O) groups excluding carboxylic acids is 2. The summed E-state index contributed by atoms with van der Waals surface area (Å²) in [7, 11) is 6.16. The van der Waals surface area contributed by atoms with E-state index in [9.17, 15) is 40.2 Å². The van der Waals surface area contributed by atoms with Crippen molar-refractivity contribution < 1.29 is 107 Å². The van der Waals surface area contributed by atoms with E-state index in [-0.39, 0.29) is 44.1 Å². The maximum absolute atomic E-state index is 14.0. The maximum Gasteiger partial charge on any atom is 0.340 e. The van der Waals surface area contributed by atoms with Crippen LogP contribution in [0.3, 0.4) is 0 Å². The van der Waals surface area contributed by atoms with Gasteiger partial charge >= 0.3 is 11.9 Å². The fourth-order valence-electron chi connectivity index (χ4n) is 16.0. The first-order valence-corrected chi connectivity index (χ1v) is 30.7. The molecule has 3 saturated carbocycles. The molecule has 7 fully saturated rings. The third-order valence-electron chi connectivity index (χ3n) is 21.2. The predicted molar refractivity (Wildman–Crippen MR) is 307 cm³/mol. The molecule has 5 heterocycles. The first-order valence-electron chi connectivity index (χ1n) is 30.7. The van der Waals surface area contributed by atoms with Crippen molar-refractivity contribution in [1.82, 2.24) is 4.98 Å². The number of rotatable bonds is 18. The molecule has 1 aromatic carbocycles. The Morgan fingerprint density at radius 3 is 1.82 bits per heavy atom. The Hall–Kier alpha value is -3.93. The normalized spacial score (nSPS) is 46.7. The average Bonchev–Trinajstić information content (AvgIpc) is 1.62. The molecular formula is C64H91NO22. The Kier molecular flexibility index (Phi) is 19.7. The monoisotopic (exact) mass is 1230 g/mol. The molecule has 87 heavy (non-hydrogen) atoms. The second-order valence-electron chi connectivity index (χ2n) is 25.8. The number of methoxy groups -OCH3 is 4. The summed E-state index contributed by atoms with van der Waals surface area (Å²) in [5.41, 5.74) is -10.0. The number of nitrogens with zero attached hydrogens (tertiary/aromatic N) is 1. The van der Waals surface area contributed by atoms with E-state index in [1.165, 1.54) is 44.6 Å². The average molecular weight is 1230 g/mol. The topological polar surface area (TPSA) is 298 Å². The van der Waals surface area contributed by atoms with Gasteiger partial charge in [0.15, 0.2) is 25.2 Å². The minimum absolute atomic E-state index is 0.0871. The fraction of sp³-hybridized carbons (Fsp3) is 0.734. The molecule has 2 unspecified atom stereocenters. The van der Waals surface area contributed by atoms with E-state index in [1.807, 2.05) is 58.0 Å². The molecule has 8 aliphatic rings. The van der Waals surface area contributed by atoms with Crippen molar-refractivity contribution in [3.8, 4) is 0 Å². The molecule has 4 saturated heterocycles. The van der Waals surface area contributed by atoms with E-state index < -0.39 is 174 Å². The first kappa shape index (κ1) is 66.0.